The van der Waals surface area contributed by atoms with Gasteiger partial charge in [0.05, 0.1) is 6.10 Å². The van der Waals surface area contributed by atoms with Crippen LogP contribution >= 0.6 is 0 Å². The van der Waals surface area contributed by atoms with Crippen LogP contribution in [0.5, 0.6) is 0 Å². The molecule has 0 saturated carbocycles. The molecule has 0 aromatic rings. The molecule has 0 aromatic heterocycles. The highest BCUT2D eigenvalue weighted by atomic mass is 16.5. The van der Waals surface area contributed by atoms with Crippen LogP contribution in [0.2, 0.25) is 0 Å². The summed E-state index contributed by atoms with van der Waals surface area (Å²) in [6.07, 6.45) is 4.01. The minimum atomic E-state index is 0.323. The van der Waals surface area contributed by atoms with Gasteiger partial charge in [-0.3, -0.25) is 4.90 Å². The molecular formula is C13H28N2O. The molecule has 1 heterocycles. The zero-order valence-corrected chi connectivity index (χ0v) is 11.4. The maximum Gasteiger partial charge on any atom is 0.0670 e. The van der Waals surface area contributed by atoms with E-state index in [4.69, 9.17) is 4.74 Å². The number of methoxy groups -OCH3 is 1. The summed E-state index contributed by atoms with van der Waals surface area (Å²) in [5, 5.41) is 3.73. The molecule has 1 saturated heterocycles. The standard InChI is InChI=1S/C13H28N2O/c1-5-13(6-2)11-15(9-7-8-14-13)10-12(3)16-4/h12,14H,5-11H2,1-4H3. The Bertz CT molecular complexity index is 192. The lowest BCUT2D eigenvalue weighted by Gasteiger charge is -2.36. The SMILES string of the molecule is CCC1(CC)CN(CC(C)OC)CCCN1. The molecule has 0 bridgehead atoms. The highest BCUT2D eigenvalue weighted by Gasteiger charge is 2.30. The van der Waals surface area contributed by atoms with E-state index in [1.54, 1.807) is 7.11 Å². The predicted molar refractivity (Wildman–Crippen MR) is 68.8 cm³/mol. The molecule has 96 valence electrons. The predicted octanol–water partition coefficient (Wildman–Crippen LogP) is 1.88. The first kappa shape index (κ1) is 13.9. The second kappa shape index (κ2) is 6.58. The molecule has 0 aliphatic carbocycles. The van der Waals surface area contributed by atoms with Gasteiger partial charge in [0.2, 0.25) is 0 Å². The number of hydrogen-bond acceptors (Lipinski definition) is 3. The van der Waals surface area contributed by atoms with Gasteiger partial charge in [0.15, 0.2) is 0 Å². The van der Waals surface area contributed by atoms with E-state index in [2.05, 4.69) is 31.0 Å². The second-order valence-corrected chi connectivity index (χ2v) is 5.05. The molecule has 1 atom stereocenters. The highest BCUT2D eigenvalue weighted by Crippen LogP contribution is 2.19. The molecule has 1 fully saturated rings. The van der Waals surface area contributed by atoms with E-state index in [1.807, 2.05) is 0 Å². The monoisotopic (exact) mass is 228 g/mol. The Morgan fingerprint density at radius 1 is 1.38 bits per heavy atom. The fourth-order valence-corrected chi connectivity index (χ4v) is 2.54. The van der Waals surface area contributed by atoms with Gasteiger partial charge in [0.1, 0.15) is 0 Å². The summed E-state index contributed by atoms with van der Waals surface area (Å²) in [4.78, 5) is 2.56. The van der Waals surface area contributed by atoms with Crippen LogP contribution in [-0.2, 0) is 4.74 Å². The van der Waals surface area contributed by atoms with Crippen molar-refractivity contribution in [3.63, 3.8) is 0 Å². The molecule has 0 radical (unpaired) electrons. The number of nitrogens with one attached hydrogen (secondary N) is 1. The smallest absolute Gasteiger partial charge is 0.0670 e. The first-order chi connectivity index (χ1) is 7.65. The van der Waals surface area contributed by atoms with Crippen molar-refractivity contribution < 1.29 is 4.74 Å². The summed E-state index contributed by atoms with van der Waals surface area (Å²) < 4.78 is 5.37. The lowest BCUT2D eigenvalue weighted by atomic mass is 9.92. The van der Waals surface area contributed by atoms with E-state index in [9.17, 15) is 0 Å². The molecule has 3 nitrogen and oxygen atoms in total. The molecule has 1 aliphatic heterocycles. The molecule has 1 aliphatic rings. The molecular weight excluding hydrogens is 200 g/mol. The quantitative estimate of drug-likeness (QED) is 0.777. The molecule has 1 N–H and O–H groups in total. The molecule has 16 heavy (non-hydrogen) atoms. The average Bonchev–Trinajstić information content (AvgIpc) is 2.52. The molecule has 1 unspecified atom stereocenters. The maximum atomic E-state index is 5.37. The maximum absolute atomic E-state index is 5.37. The van der Waals surface area contributed by atoms with Crippen LogP contribution in [0.4, 0.5) is 0 Å². The Balaban J connectivity index is 2.57. The van der Waals surface area contributed by atoms with Crippen molar-refractivity contribution in [1.82, 2.24) is 10.2 Å². The van der Waals surface area contributed by atoms with Gasteiger partial charge in [-0.2, -0.15) is 0 Å². The Hall–Kier alpha value is -0.120. The number of ether oxygens (including phenoxy) is 1. The van der Waals surface area contributed by atoms with Crippen LogP contribution in [0.3, 0.4) is 0 Å². The van der Waals surface area contributed by atoms with E-state index in [-0.39, 0.29) is 0 Å². The van der Waals surface area contributed by atoms with Crippen LogP contribution in [0.1, 0.15) is 40.0 Å². The zero-order chi connectivity index (χ0) is 12.0. The molecule has 1 rings (SSSR count). The van der Waals surface area contributed by atoms with E-state index >= 15 is 0 Å². The van der Waals surface area contributed by atoms with Crippen molar-refractivity contribution in [1.29, 1.82) is 0 Å². The van der Waals surface area contributed by atoms with Gasteiger partial charge in [0.25, 0.3) is 0 Å². The van der Waals surface area contributed by atoms with Crippen molar-refractivity contribution in [2.45, 2.75) is 51.7 Å². The summed E-state index contributed by atoms with van der Waals surface area (Å²) in [5.41, 5.74) is 0.323. The van der Waals surface area contributed by atoms with Gasteiger partial charge in [-0.15, -0.1) is 0 Å². The normalized spacial score (nSPS) is 24.0. The van der Waals surface area contributed by atoms with Crippen LogP contribution in [-0.4, -0.2) is 49.8 Å². The number of hydrogen-bond donors (Lipinski definition) is 1. The van der Waals surface area contributed by atoms with E-state index < -0.39 is 0 Å². The Morgan fingerprint density at radius 3 is 2.62 bits per heavy atom. The minimum absolute atomic E-state index is 0.323. The van der Waals surface area contributed by atoms with Gasteiger partial charge in [-0.1, -0.05) is 13.8 Å². The Kier molecular flexibility index (Phi) is 5.73. The van der Waals surface area contributed by atoms with Gasteiger partial charge < -0.3 is 10.1 Å². The highest BCUT2D eigenvalue weighted by molar-refractivity contribution is 4.91. The summed E-state index contributed by atoms with van der Waals surface area (Å²) in [6, 6.07) is 0. The van der Waals surface area contributed by atoms with Crippen molar-refractivity contribution in [3.8, 4) is 0 Å². The Morgan fingerprint density at radius 2 is 2.06 bits per heavy atom. The third kappa shape index (κ3) is 3.72. The van der Waals surface area contributed by atoms with Gasteiger partial charge in [-0.25, -0.2) is 0 Å². The topological polar surface area (TPSA) is 24.5 Å². The van der Waals surface area contributed by atoms with Crippen LogP contribution in [0, 0.1) is 0 Å². The summed E-state index contributed by atoms with van der Waals surface area (Å²) in [7, 11) is 1.80. The molecule has 3 heteroatoms. The van der Waals surface area contributed by atoms with Crippen molar-refractivity contribution in [3.05, 3.63) is 0 Å². The summed E-state index contributed by atoms with van der Waals surface area (Å²) in [5.74, 6) is 0. The van der Waals surface area contributed by atoms with Crippen molar-refractivity contribution in [2.24, 2.45) is 0 Å². The molecule has 0 amide bonds. The van der Waals surface area contributed by atoms with Gasteiger partial charge in [0, 0.05) is 25.7 Å². The van der Waals surface area contributed by atoms with Crippen molar-refractivity contribution in [2.75, 3.05) is 33.3 Å². The summed E-state index contributed by atoms with van der Waals surface area (Å²) >= 11 is 0. The zero-order valence-electron chi connectivity index (χ0n) is 11.4. The lowest BCUT2D eigenvalue weighted by Crippen LogP contribution is -2.51. The average molecular weight is 228 g/mol. The van der Waals surface area contributed by atoms with Crippen LogP contribution in [0.25, 0.3) is 0 Å². The fraction of sp³-hybridized carbons (Fsp3) is 1.00. The molecule has 0 aromatic carbocycles. The first-order valence-electron chi connectivity index (χ1n) is 6.66. The summed E-state index contributed by atoms with van der Waals surface area (Å²) in [6.45, 7) is 11.3. The minimum Gasteiger partial charge on any atom is -0.380 e. The third-order valence-electron chi connectivity index (χ3n) is 3.95. The number of nitrogens with zero attached hydrogens (tertiary/aromatic N) is 1. The van der Waals surface area contributed by atoms with Gasteiger partial charge in [-0.05, 0) is 39.3 Å². The van der Waals surface area contributed by atoms with Crippen LogP contribution in [0.15, 0.2) is 0 Å². The van der Waals surface area contributed by atoms with Gasteiger partial charge >= 0.3 is 0 Å². The van der Waals surface area contributed by atoms with E-state index in [0.717, 1.165) is 19.6 Å². The first-order valence-corrected chi connectivity index (χ1v) is 6.66. The second-order valence-electron chi connectivity index (χ2n) is 5.05. The largest absolute Gasteiger partial charge is 0.380 e. The lowest BCUT2D eigenvalue weighted by molar-refractivity contribution is 0.0684. The van der Waals surface area contributed by atoms with Crippen LogP contribution < -0.4 is 5.32 Å². The Labute approximate surface area is 101 Å². The van der Waals surface area contributed by atoms with E-state index in [0.29, 0.717) is 11.6 Å². The molecule has 0 spiro atoms. The number of rotatable bonds is 5. The van der Waals surface area contributed by atoms with E-state index in [1.165, 1.54) is 25.8 Å². The fourth-order valence-electron chi connectivity index (χ4n) is 2.54. The third-order valence-corrected chi connectivity index (χ3v) is 3.95. The van der Waals surface area contributed by atoms with Crippen molar-refractivity contribution >= 4 is 0 Å².